The van der Waals surface area contributed by atoms with E-state index < -0.39 is 18.2 Å². The second kappa shape index (κ2) is 14.4. The molecule has 1 aromatic carbocycles. The van der Waals surface area contributed by atoms with Crippen LogP contribution >= 0.6 is 0 Å². The smallest absolute Gasteiger partial charge is 0.337 e. The fourth-order valence-electron chi connectivity index (χ4n) is 2.72. The summed E-state index contributed by atoms with van der Waals surface area (Å²) in [6.07, 6.45) is 4.00. The molecule has 0 heterocycles. The van der Waals surface area contributed by atoms with Crippen molar-refractivity contribution in [3.8, 4) is 5.75 Å². The third kappa shape index (κ3) is 10.3. The van der Waals surface area contributed by atoms with E-state index in [0.29, 0.717) is 13.0 Å². The fraction of sp³-hybridized carbons (Fsp3) is 0.667. The Morgan fingerprint density at radius 1 is 1.00 bits per heavy atom. The number of unbranched alkanes of at least 4 members (excludes halogenated alkanes) is 5. The summed E-state index contributed by atoms with van der Waals surface area (Å²) in [7, 11) is 1.65. The molecule has 2 atom stereocenters. The number of esters is 1. The van der Waals surface area contributed by atoms with Gasteiger partial charge >= 0.3 is 5.97 Å². The summed E-state index contributed by atoms with van der Waals surface area (Å²) in [6.45, 7) is 3.23. The number of hydrogen-bond donors (Lipinski definition) is 2. The van der Waals surface area contributed by atoms with Gasteiger partial charge in [-0.05, 0) is 37.5 Å². The van der Waals surface area contributed by atoms with Crippen molar-refractivity contribution in [1.29, 1.82) is 0 Å². The van der Waals surface area contributed by atoms with Crippen molar-refractivity contribution < 1.29 is 29.2 Å². The summed E-state index contributed by atoms with van der Waals surface area (Å²) in [4.78, 5) is 11.3. The van der Waals surface area contributed by atoms with Crippen molar-refractivity contribution >= 4 is 5.97 Å². The van der Waals surface area contributed by atoms with Crippen LogP contribution in [0.15, 0.2) is 24.3 Å². The third-order valence-electron chi connectivity index (χ3n) is 4.36. The zero-order chi connectivity index (χ0) is 19.9. The zero-order valence-corrected chi connectivity index (χ0v) is 16.6. The monoisotopic (exact) mass is 382 g/mol. The van der Waals surface area contributed by atoms with Crippen molar-refractivity contribution in [3.05, 3.63) is 29.8 Å². The van der Waals surface area contributed by atoms with Gasteiger partial charge in [-0.25, -0.2) is 4.79 Å². The summed E-state index contributed by atoms with van der Waals surface area (Å²) in [6, 6.07) is 7.88. The Morgan fingerprint density at radius 2 is 1.63 bits per heavy atom. The zero-order valence-electron chi connectivity index (χ0n) is 16.6. The van der Waals surface area contributed by atoms with Crippen molar-refractivity contribution in [3.63, 3.8) is 0 Å². The minimum atomic E-state index is -1.44. The molecule has 0 fully saturated rings. The van der Waals surface area contributed by atoms with Gasteiger partial charge in [0.1, 0.15) is 5.75 Å². The van der Waals surface area contributed by atoms with Gasteiger partial charge in [0.05, 0.1) is 26.4 Å². The van der Waals surface area contributed by atoms with E-state index in [-0.39, 0.29) is 6.61 Å². The van der Waals surface area contributed by atoms with Crippen LogP contribution in [0.1, 0.15) is 57.4 Å². The Hall–Kier alpha value is -1.63. The molecule has 0 aliphatic carbocycles. The van der Waals surface area contributed by atoms with Gasteiger partial charge in [0.2, 0.25) is 0 Å². The van der Waals surface area contributed by atoms with E-state index in [2.05, 4.69) is 4.74 Å². The molecule has 0 aliphatic rings. The topological polar surface area (TPSA) is 85.2 Å². The summed E-state index contributed by atoms with van der Waals surface area (Å²) >= 11 is 0. The predicted molar refractivity (Wildman–Crippen MR) is 104 cm³/mol. The van der Waals surface area contributed by atoms with Gasteiger partial charge in [0.25, 0.3) is 0 Å². The lowest BCUT2D eigenvalue weighted by molar-refractivity contribution is -0.159. The van der Waals surface area contributed by atoms with Gasteiger partial charge in [-0.15, -0.1) is 0 Å². The molecule has 6 heteroatoms. The maximum Gasteiger partial charge on any atom is 0.337 e. The van der Waals surface area contributed by atoms with Crippen molar-refractivity contribution in [2.45, 2.75) is 70.7 Å². The molecule has 0 saturated carbocycles. The highest BCUT2D eigenvalue weighted by Crippen LogP contribution is 2.13. The molecule has 154 valence electrons. The van der Waals surface area contributed by atoms with E-state index in [1.807, 2.05) is 24.3 Å². The van der Waals surface area contributed by atoms with Gasteiger partial charge in [-0.2, -0.15) is 0 Å². The largest absolute Gasteiger partial charge is 0.497 e. The Bertz CT molecular complexity index is 502. The molecule has 0 radical (unpaired) electrons. The Kier molecular flexibility index (Phi) is 12.5. The second-order valence-corrected chi connectivity index (χ2v) is 6.57. The van der Waals surface area contributed by atoms with Crippen molar-refractivity contribution in [1.82, 2.24) is 0 Å². The summed E-state index contributed by atoms with van der Waals surface area (Å²) in [5.41, 5.74) is 1.14. The number of carbonyl (C=O) groups is 1. The summed E-state index contributed by atoms with van der Waals surface area (Å²) < 4.78 is 15.5. The molecule has 2 N–H and O–H groups in total. The lowest BCUT2D eigenvalue weighted by atomic mass is 10.0. The molecule has 0 aromatic heterocycles. The van der Waals surface area contributed by atoms with Crippen LogP contribution in [0.25, 0.3) is 0 Å². The number of ether oxygens (including phenoxy) is 3. The molecular weight excluding hydrogens is 348 g/mol. The van der Waals surface area contributed by atoms with Crippen LogP contribution in [0.4, 0.5) is 0 Å². The molecule has 6 nitrogen and oxygen atoms in total. The van der Waals surface area contributed by atoms with Gasteiger partial charge in [0.15, 0.2) is 6.10 Å². The Morgan fingerprint density at radius 3 is 2.26 bits per heavy atom. The van der Waals surface area contributed by atoms with E-state index in [1.165, 1.54) is 0 Å². The van der Waals surface area contributed by atoms with E-state index in [9.17, 15) is 15.0 Å². The normalized spacial score (nSPS) is 13.2. The van der Waals surface area contributed by atoms with Crippen LogP contribution in [0.3, 0.4) is 0 Å². The standard InChI is InChI=1S/C21H34O6/c1-3-27-21(24)20(23)19(22)10-8-6-4-5-7-9-15-26-16-17-11-13-18(25-2)14-12-17/h11-14,19-20,22-23H,3-10,15-16H2,1-2H3/t19-,20+/m0/s1. The number of carbonyl (C=O) groups excluding carboxylic acids is 1. The Balaban J connectivity index is 1.94. The molecule has 0 bridgehead atoms. The number of aliphatic hydroxyl groups excluding tert-OH is 2. The number of rotatable bonds is 15. The number of aliphatic hydroxyl groups is 2. The van der Waals surface area contributed by atoms with Crippen LogP contribution in [-0.2, 0) is 20.9 Å². The lowest BCUT2D eigenvalue weighted by Gasteiger charge is -2.16. The van der Waals surface area contributed by atoms with Gasteiger partial charge < -0.3 is 24.4 Å². The van der Waals surface area contributed by atoms with Crippen LogP contribution in [0.5, 0.6) is 5.75 Å². The molecule has 0 spiro atoms. The predicted octanol–water partition coefficient (Wildman–Crippen LogP) is 3.23. The van der Waals surface area contributed by atoms with E-state index in [1.54, 1.807) is 14.0 Å². The van der Waals surface area contributed by atoms with Crippen LogP contribution < -0.4 is 4.74 Å². The van der Waals surface area contributed by atoms with Crippen LogP contribution in [0, 0.1) is 0 Å². The number of benzene rings is 1. The van der Waals surface area contributed by atoms with Crippen LogP contribution in [0.2, 0.25) is 0 Å². The highest BCUT2D eigenvalue weighted by molar-refractivity contribution is 5.75. The maximum atomic E-state index is 11.3. The van der Waals surface area contributed by atoms with Crippen molar-refractivity contribution in [2.24, 2.45) is 0 Å². The van der Waals surface area contributed by atoms with Gasteiger partial charge in [-0.3, -0.25) is 0 Å². The van der Waals surface area contributed by atoms with Crippen LogP contribution in [-0.4, -0.2) is 48.7 Å². The minimum Gasteiger partial charge on any atom is -0.497 e. The quantitative estimate of drug-likeness (QED) is 0.358. The molecule has 0 saturated heterocycles. The van der Waals surface area contributed by atoms with E-state index in [4.69, 9.17) is 9.47 Å². The van der Waals surface area contributed by atoms with Gasteiger partial charge in [0, 0.05) is 6.61 Å². The Labute approximate surface area is 162 Å². The second-order valence-electron chi connectivity index (χ2n) is 6.57. The molecule has 1 aromatic rings. The highest BCUT2D eigenvalue weighted by Gasteiger charge is 2.24. The highest BCUT2D eigenvalue weighted by atomic mass is 16.5. The molecule has 0 aliphatic heterocycles. The summed E-state index contributed by atoms with van der Waals surface area (Å²) in [5.74, 6) is 0.0984. The first-order valence-corrected chi connectivity index (χ1v) is 9.82. The molecular formula is C21H34O6. The lowest BCUT2D eigenvalue weighted by Crippen LogP contribution is -2.35. The molecule has 27 heavy (non-hydrogen) atoms. The average molecular weight is 382 g/mol. The third-order valence-corrected chi connectivity index (χ3v) is 4.36. The average Bonchev–Trinajstić information content (AvgIpc) is 2.69. The van der Waals surface area contributed by atoms with Crippen molar-refractivity contribution in [2.75, 3.05) is 20.3 Å². The molecule has 1 rings (SSSR count). The first-order valence-electron chi connectivity index (χ1n) is 9.82. The van der Waals surface area contributed by atoms with E-state index >= 15 is 0 Å². The number of methoxy groups -OCH3 is 1. The first kappa shape index (κ1) is 23.4. The number of hydrogen-bond acceptors (Lipinski definition) is 6. The molecule has 0 amide bonds. The van der Waals surface area contributed by atoms with Gasteiger partial charge in [-0.1, -0.05) is 44.2 Å². The first-order chi connectivity index (χ1) is 13.1. The minimum absolute atomic E-state index is 0.201. The summed E-state index contributed by atoms with van der Waals surface area (Å²) in [5, 5.41) is 19.4. The fourth-order valence-corrected chi connectivity index (χ4v) is 2.72. The molecule has 0 unspecified atom stereocenters. The maximum absolute atomic E-state index is 11.3. The SMILES string of the molecule is CCOC(=O)[C@H](O)[C@@H](O)CCCCCCCCOCc1ccc(OC)cc1. The van der Waals surface area contributed by atoms with E-state index in [0.717, 1.165) is 56.4 Å².